The lowest BCUT2D eigenvalue weighted by Gasteiger charge is -2.07. The molecule has 0 bridgehead atoms. The molecule has 154 valence electrons. The van der Waals surface area contributed by atoms with Crippen LogP contribution >= 0.6 is 11.3 Å². The minimum atomic E-state index is -0.301. The maximum atomic E-state index is 12.7. The average Bonchev–Trinajstić information content (AvgIpc) is 3.04. The van der Waals surface area contributed by atoms with Gasteiger partial charge in [0.25, 0.3) is 5.91 Å². The molecule has 0 aliphatic carbocycles. The van der Waals surface area contributed by atoms with Crippen molar-refractivity contribution in [2.45, 2.75) is 26.2 Å². The second kappa shape index (κ2) is 9.60. The molecule has 1 heterocycles. The van der Waals surface area contributed by atoms with Crippen LogP contribution in [0.3, 0.4) is 0 Å². The highest BCUT2D eigenvalue weighted by molar-refractivity contribution is 7.16. The van der Waals surface area contributed by atoms with E-state index in [0.717, 1.165) is 29.5 Å². The molecule has 3 aromatic rings. The number of aromatic nitrogens is 1. The number of aryl methyl sites for hydroxylation is 1. The van der Waals surface area contributed by atoms with E-state index >= 15 is 0 Å². The lowest BCUT2D eigenvalue weighted by Crippen LogP contribution is -2.13. The molecule has 0 fully saturated rings. The maximum absolute atomic E-state index is 12.7. The summed E-state index contributed by atoms with van der Waals surface area (Å²) < 4.78 is 19.3. The predicted molar refractivity (Wildman–Crippen MR) is 115 cm³/mol. The summed E-state index contributed by atoms with van der Waals surface area (Å²) in [6.07, 6.45) is 3.28. The SMILES string of the molecule is CCCCCOc1cccc(C(=O)N=c2sc3cc(OC)c(OC)cc3n2C)c1. The summed E-state index contributed by atoms with van der Waals surface area (Å²) in [4.78, 5) is 17.7. The number of unbranched alkanes of at least 4 members (excludes halogenated alkanes) is 2. The molecule has 6 nitrogen and oxygen atoms in total. The molecular formula is C22H26N2O4S. The van der Waals surface area contributed by atoms with Gasteiger partial charge in [0.2, 0.25) is 0 Å². The van der Waals surface area contributed by atoms with Crippen LogP contribution in [0.25, 0.3) is 10.2 Å². The third-order valence-corrected chi connectivity index (χ3v) is 5.70. The standard InChI is InChI=1S/C22H26N2O4S/c1-5-6-7-11-28-16-10-8-9-15(12-16)21(25)23-22-24(2)17-13-18(26-3)19(27-4)14-20(17)29-22/h8-10,12-14H,5-7,11H2,1-4H3. The number of methoxy groups -OCH3 is 2. The number of carbonyl (C=O) groups is 1. The molecule has 0 aliphatic heterocycles. The zero-order valence-electron chi connectivity index (χ0n) is 17.2. The van der Waals surface area contributed by atoms with Crippen molar-refractivity contribution < 1.29 is 19.0 Å². The van der Waals surface area contributed by atoms with Gasteiger partial charge < -0.3 is 18.8 Å². The normalized spacial score (nSPS) is 11.7. The van der Waals surface area contributed by atoms with Gasteiger partial charge in [0, 0.05) is 24.7 Å². The zero-order chi connectivity index (χ0) is 20.8. The number of rotatable bonds is 8. The minimum Gasteiger partial charge on any atom is -0.494 e. The van der Waals surface area contributed by atoms with E-state index in [2.05, 4.69) is 11.9 Å². The number of ether oxygens (including phenoxy) is 3. The van der Waals surface area contributed by atoms with Gasteiger partial charge in [-0.1, -0.05) is 37.2 Å². The Morgan fingerprint density at radius 3 is 2.59 bits per heavy atom. The lowest BCUT2D eigenvalue weighted by atomic mass is 10.2. The van der Waals surface area contributed by atoms with Crippen molar-refractivity contribution in [1.82, 2.24) is 4.57 Å². The van der Waals surface area contributed by atoms with Gasteiger partial charge in [-0.15, -0.1) is 0 Å². The number of hydrogen-bond acceptors (Lipinski definition) is 5. The van der Waals surface area contributed by atoms with Crippen LogP contribution in [-0.2, 0) is 7.05 Å². The highest BCUT2D eigenvalue weighted by atomic mass is 32.1. The smallest absolute Gasteiger partial charge is 0.279 e. The predicted octanol–water partition coefficient (Wildman–Crippen LogP) is 4.57. The lowest BCUT2D eigenvalue weighted by molar-refractivity contribution is 0.0997. The molecule has 7 heteroatoms. The Morgan fingerprint density at radius 2 is 1.86 bits per heavy atom. The van der Waals surface area contributed by atoms with Crippen LogP contribution in [0.15, 0.2) is 41.4 Å². The molecule has 0 atom stereocenters. The van der Waals surface area contributed by atoms with E-state index in [1.165, 1.54) is 11.3 Å². The first kappa shape index (κ1) is 20.9. The van der Waals surface area contributed by atoms with Crippen LogP contribution in [0, 0.1) is 0 Å². The summed E-state index contributed by atoms with van der Waals surface area (Å²) >= 11 is 1.43. The van der Waals surface area contributed by atoms with Gasteiger partial charge >= 0.3 is 0 Å². The fourth-order valence-corrected chi connectivity index (χ4v) is 4.00. The Labute approximate surface area is 174 Å². The first-order valence-corrected chi connectivity index (χ1v) is 10.4. The molecule has 0 aliphatic rings. The second-order valence-corrected chi connectivity index (χ2v) is 7.63. The van der Waals surface area contributed by atoms with Crippen molar-refractivity contribution >= 4 is 27.5 Å². The van der Waals surface area contributed by atoms with Crippen molar-refractivity contribution in [3.8, 4) is 17.2 Å². The van der Waals surface area contributed by atoms with E-state index < -0.39 is 0 Å². The Morgan fingerprint density at radius 1 is 1.10 bits per heavy atom. The number of amides is 1. The van der Waals surface area contributed by atoms with Gasteiger partial charge in [0.15, 0.2) is 16.3 Å². The molecule has 0 saturated carbocycles. The Kier molecular flexibility index (Phi) is 6.93. The van der Waals surface area contributed by atoms with E-state index in [-0.39, 0.29) is 5.91 Å². The highest BCUT2D eigenvalue weighted by Gasteiger charge is 2.12. The van der Waals surface area contributed by atoms with Crippen LogP contribution in [0.1, 0.15) is 36.5 Å². The fraction of sp³-hybridized carbons (Fsp3) is 0.364. The van der Waals surface area contributed by atoms with E-state index in [1.807, 2.05) is 35.9 Å². The van der Waals surface area contributed by atoms with Gasteiger partial charge in [-0.25, -0.2) is 0 Å². The molecule has 0 saturated heterocycles. The van der Waals surface area contributed by atoms with Crippen molar-refractivity contribution in [3.63, 3.8) is 0 Å². The van der Waals surface area contributed by atoms with Crippen LogP contribution in [0.2, 0.25) is 0 Å². The number of carbonyl (C=O) groups excluding carboxylic acids is 1. The van der Waals surface area contributed by atoms with Crippen molar-refractivity contribution in [3.05, 3.63) is 46.8 Å². The van der Waals surface area contributed by atoms with E-state index in [4.69, 9.17) is 14.2 Å². The molecule has 0 spiro atoms. The Bertz CT molecular complexity index is 1070. The number of thiazole rings is 1. The van der Waals surface area contributed by atoms with Gasteiger partial charge in [-0.3, -0.25) is 4.79 Å². The molecule has 1 aromatic heterocycles. The van der Waals surface area contributed by atoms with Gasteiger partial charge in [0.05, 0.1) is 31.0 Å². The van der Waals surface area contributed by atoms with Crippen LogP contribution in [0.5, 0.6) is 17.2 Å². The van der Waals surface area contributed by atoms with Crippen molar-refractivity contribution in [2.24, 2.45) is 12.0 Å². The zero-order valence-corrected chi connectivity index (χ0v) is 18.0. The quantitative estimate of drug-likeness (QED) is 0.507. The summed E-state index contributed by atoms with van der Waals surface area (Å²) in [5, 5.41) is 0. The fourth-order valence-electron chi connectivity index (χ4n) is 2.97. The summed E-state index contributed by atoms with van der Waals surface area (Å²) in [6, 6.07) is 11.0. The van der Waals surface area contributed by atoms with Crippen LogP contribution < -0.4 is 19.0 Å². The van der Waals surface area contributed by atoms with Crippen LogP contribution in [-0.4, -0.2) is 31.3 Å². The molecule has 29 heavy (non-hydrogen) atoms. The summed E-state index contributed by atoms with van der Waals surface area (Å²) in [5.41, 5.74) is 1.43. The molecule has 3 rings (SSSR count). The molecule has 0 unspecified atom stereocenters. The Hall–Kier alpha value is -2.80. The van der Waals surface area contributed by atoms with Gasteiger partial charge in [-0.2, -0.15) is 4.99 Å². The van der Waals surface area contributed by atoms with Gasteiger partial charge in [-0.05, 0) is 24.6 Å². The topological polar surface area (TPSA) is 62.1 Å². The third kappa shape index (κ3) is 4.79. The average molecular weight is 415 g/mol. The first-order chi connectivity index (χ1) is 14.1. The first-order valence-electron chi connectivity index (χ1n) is 9.60. The largest absolute Gasteiger partial charge is 0.494 e. The van der Waals surface area contributed by atoms with E-state index in [1.54, 1.807) is 26.4 Å². The van der Waals surface area contributed by atoms with Crippen molar-refractivity contribution in [2.75, 3.05) is 20.8 Å². The summed E-state index contributed by atoms with van der Waals surface area (Å²) in [6.45, 7) is 2.80. The van der Waals surface area contributed by atoms with E-state index in [0.29, 0.717) is 34.2 Å². The number of benzene rings is 2. The molecule has 2 aromatic carbocycles. The monoisotopic (exact) mass is 414 g/mol. The van der Waals surface area contributed by atoms with Crippen molar-refractivity contribution in [1.29, 1.82) is 0 Å². The molecular weight excluding hydrogens is 388 g/mol. The Balaban J connectivity index is 1.89. The summed E-state index contributed by atoms with van der Waals surface area (Å²) in [7, 11) is 5.08. The molecule has 0 radical (unpaired) electrons. The van der Waals surface area contributed by atoms with Crippen LogP contribution in [0.4, 0.5) is 0 Å². The highest BCUT2D eigenvalue weighted by Crippen LogP contribution is 2.33. The third-order valence-electron chi connectivity index (χ3n) is 4.61. The minimum absolute atomic E-state index is 0.301. The number of fused-ring (bicyclic) bond motifs is 1. The number of nitrogens with zero attached hydrogens (tertiary/aromatic N) is 2. The van der Waals surface area contributed by atoms with Gasteiger partial charge in [0.1, 0.15) is 5.75 Å². The number of hydrogen-bond donors (Lipinski definition) is 0. The molecule has 0 N–H and O–H groups in total. The second-order valence-electron chi connectivity index (χ2n) is 6.62. The maximum Gasteiger partial charge on any atom is 0.279 e. The molecule has 1 amide bonds. The summed E-state index contributed by atoms with van der Waals surface area (Å²) in [5.74, 6) is 1.68. The van der Waals surface area contributed by atoms with E-state index in [9.17, 15) is 4.79 Å².